The Morgan fingerprint density at radius 2 is 1.85 bits per heavy atom. The average molecular weight is 373 g/mol. The summed E-state index contributed by atoms with van der Waals surface area (Å²) in [5.74, 6) is 0. The van der Waals surface area contributed by atoms with E-state index in [0.717, 1.165) is 35.4 Å². The number of benzene rings is 1. The molecule has 0 amide bonds. The SMILES string of the molecule is Cc1nn(Cc2ccccc2Cl)c(C)c1CNC1CCN(C2CC2)CC1. The Labute approximate surface area is 161 Å². The Kier molecular flexibility index (Phi) is 5.35. The molecule has 1 saturated heterocycles. The molecule has 1 aliphatic carbocycles. The molecule has 0 spiro atoms. The maximum Gasteiger partial charge on any atom is 0.0677 e. The van der Waals surface area contributed by atoms with Crippen molar-refractivity contribution in [3.8, 4) is 0 Å². The molecule has 4 nitrogen and oxygen atoms in total. The second kappa shape index (κ2) is 7.71. The highest BCUT2D eigenvalue weighted by atomic mass is 35.5. The number of aryl methyl sites for hydroxylation is 1. The topological polar surface area (TPSA) is 33.1 Å². The molecule has 5 heteroatoms. The number of rotatable bonds is 6. The van der Waals surface area contributed by atoms with Crippen molar-refractivity contribution >= 4 is 11.6 Å². The lowest BCUT2D eigenvalue weighted by Gasteiger charge is -2.32. The van der Waals surface area contributed by atoms with E-state index in [4.69, 9.17) is 16.7 Å². The second-order valence-electron chi connectivity index (χ2n) is 7.82. The van der Waals surface area contributed by atoms with E-state index in [9.17, 15) is 0 Å². The normalized spacial score (nSPS) is 19.2. The first-order valence-corrected chi connectivity index (χ1v) is 10.2. The Morgan fingerprint density at radius 3 is 2.54 bits per heavy atom. The molecule has 2 fully saturated rings. The van der Waals surface area contributed by atoms with Crippen molar-refractivity contribution in [1.82, 2.24) is 20.0 Å². The van der Waals surface area contributed by atoms with Gasteiger partial charge in [-0.1, -0.05) is 29.8 Å². The predicted octanol–water partition coefficient (Wildman–Crippen LogP) is 3.92. The number of nitrogens with one attached hydrogen (secondary N) is 1. The van der Waals surface area contributed by atoms with Gasteiger partial charge in [0.05, 0.1) is 12.2 Å². The molecule has 1 aromatic carbocycles. The highest BCUT2D eigenvalue weighted by Gasteiger charge is 2.31. The molecule has 26 heavy (non-hydrogen) atoms. The molecular weight excluding hydrogens is 344 g/mol. The van der Waals surface area contributed by atoms with Crippen molar-refractivity contribution in [3.05, 3.63) is 51.8 Å². The van der Waals surface area contributed by atoms with Crippen LogP contribution in [0.1, 0.15) is 48.2 Å². The van der Waals surface area contributed by atoms with E-state index in [0.29, 0.717) is 6.04 Å². The minimum Gasteiger partial charge on any atom is -0.310 e. The van der Waals surface area contributed by atoms with Gasteiger partial charge < -0.3 is 10.2 Å². The summed E-state index contributed by atoms with van der Waals surface area (Å²) >= 11 is 6.32. The van der Waals surface area contributed by atoms with Gasteiger partial charge in [0.2, 0.25) is 0 Å². The fraction of sp³-hybridized carbons (Fsp3) is 0.571. The molecule has 4 rings (SSSR count). The van der Waals surface area contributed by atoms with Crippen LogP contribution in [0, 0.1) is 13.8 Å². The van der Waals surface area contributed by atoms with E-state index >= 15 is 0 Å². The first kappa shape index (κ1) is 18.0. The predicted molar refractivity (Wildman–Crippen MR) is 107 cm³/mol. The maximum absolute atomic E-state index is 6.32. The summed E-state index contributed by atoms with van der Waals surface area (Å²) < 4.78 is 2.09. The Hall–Kier alpha value is -1.36. The lowest BCUT2D eigenvalue weighted by molar-refractivity contribution is 0.189. The van der Waals surface area contributed by atoms with Crippen LogP contribution >= 0.6 is 11.6 Å². The molecule has 1 saturated carbocycles. The van der Waals surface area contributed by atoms with Gasteiger partial charge in [0.1, 0.15) is 0 Å². The number of nitrogens with zero attached hydrogens (tertiary/aromatic N) is 3. The lowest BCUT2D eigenvalue weighted by atomic mass is 10.0. The van der Waals surface area contributed by atoms with Gasteiger partial charge in [-0.2, -0.15) is 5.10 Å². The van der Waals surface area contributed by atoms with Gasteiger partial charge in [-0.15, -0.1) is 0 Å². The van der Waals surface area contributed by atoms with Crippen LogP contribution in [0.5, 0.6) is 0 Å². The Balaban J connectivity index is 1.36. The second-order valence-corrected chi connectivity index (χ2v) is 8.23. The van der Waals surface area contributed by atoms with E-state index < -0.39 is 0 Å². The largest absolute Gasteiger partial charge is 0.310 e. The number of hydrogen-bond donors (Lipinski definition) is 1. The molecule has 1 aromatic heterocycles. The fourth-order valence-corrected chi connectivity index (χ4v) is 4.28. The van der Waals surface area contributed by atoms with Crippen LogP contribution < -0.4 is 5.32 Å². The summed E-state index contributed by atoms with van der Waals surface area (Å²) in [5.41, 5.74) is 4.82. The molecule has 2 aliphatic rings. The zero-order valence-electron chi connectivity index (χ0n) is 15.8. The summed E-state index contributed by atoms with van der Waals surface area (Å²) in [7, 11) is 0. The molecule has 2 heterocycles. The lowest BCUT2D eigenvalue weighted by Crippen LogP contribution is -2.43. The summed E-state index contributed by atoms with van der Waals surface area (Å²) in [6, 6.07) is 9.56. The molecule has 1 aliphatic heterocycles. The number of piperidine rings is 1. The molecular formula is C21H29ClN4. The zero-order chi connectivity index (χ0) is 18.1. The van der Waals surface area contributed by atoms with Crippen LogP contribution in [0.25, 0.3) is 0 Å². The summed E-state index contributed by atoms with van der Waals surface area (Å²) in [6.07, 6.45) is 5.37. The van der Waals surface area contributed by atoms with Crippen LogP contribution in [-0.4, -0.2) is 39.9 Å². The van der Waals surface area contributed by atoms with Crippen molar-refractivity contribution in [2.75, 3.05) is 13.1 Å². The molecule has 0 atom stereocenters. The summed E-state index contributed by atoms with van der Waals surface area (Å²) in [5, 5.41) is 9.35. The first-order chi connectivity index (χ1) is 12.6. The van der Waals surface area contributed by atoms with Gasteiger partial charge in [0.15, 0.2) is 0 Å². The van der Waals surface area contributed by atoms with E-state index in [1.54, 1.807) is 0 Å². The standard InChI is InChI=1S/C21H29ClN4/c1-15-20(13-23-18-9-11-25(12-10-18)19-7-8-19)16(2)26(24-15)14-17-5-3-4-6-21(17)22/h3-6,18-19,23H,7-14H2,1-2H3. The maximum atomic E-state index is 6.32. The van der Waals surface area contributed by atoms with Crippen LogP contribution in [0.4, 0.5) is 0 Å². The highest BCUT2D eigenvalue weighted by molar-refractivity contribution is 6.31. The first-order valence-electron chi connectivity index (χ1n) is 9.85. The van der Waals surface area contributed by atoms with Crippen LogP contribution in [-0.2, 0) is 13.1 Å². The Morgan fingerprint density at radius 1 is 1.12 bits per heavy atom. The fourth-order valence-electron chi connectivity index (χ4n) is 4.09. The minimum atomic E-state index is 0.635. The van der Waals surface area contributed by atoms with E-state index in [1.165, 1.54) is 50.0 Å². The van der Waals surface area contributed by atoms with Crippen LogP contribution in [0.3, 0.4) is 0 Å². The van der Waals surface area contributed by atoms with Crippen LogP contribution in [0.2, 0.25) is 5.02 Å². The van der Waals surface area contributed by atoms with Crippen molar-refractivity contribution in [2.24, 2.45) is 0 Å². The molecule has 2 aromatic rings. The van der Waals surface area contributed by atoms with Gasteiger partial charge in [-0.25, -0.2) is 0 Å². The molecule has 0 unspecified atom stereocenters. The quantitative estimate of drug-likeness (QED) is 0.834. The van der Waals surface area contributed by atoms with E-state index in [-0.39, 0.29) is 0 Å². The van der Waals surface area contributed by atoms with Crippen molar-refractivity contribution in [1.29, 1.82) is 0 Å². The minimum absolute atomic E-state index is 0.635. The van der Waals surface area contributed by atoms with Crippen LogP contribution in [0.15, 0.2) is 24.3 Å². The highest BCUT2D eigenvalue weighted by Crippen LogP contribution is 2.29. The van der Waals surface area contributed by atoms with Crippen molar-refractivity contribution in [2.45, 2.75) is 64.7 Å². The molecule has 140 valence electrons. The molecule has 1 N–H and O–H groups in total. The average Bonchev–Trinajstić information content (AvgIpc) is 3.45. The Bertz CT molecular complexity index is 757. The van der Waals surface area contributed by atoms with Gasteiger partial charge in [0.25, 0.3) is 0 Å². The molecule has 0 bridgehead atoms. The summed E-state index contributed by atoms with van der Waals surface area (Å²) in [4.78, 5) is 2.68. The third kappa shape index (κ3) is 3.98. The van der Waals surface area contributed by atoms with E-state index in [2.05, 4.69) is 34.8 Å². The van der Waals surface area contributed by atoms with Gasteiger partial charge in [-0.05, 0) is 64.3 Å². The van der Waals surface area contributed by atoms with Gasteiger partial charge >= 0.3 is 0 Å². The monoisotopic (exact) mass is 372 g/mol. The zero-order valence-corrected chi connectivity index (χ0v) is 16.6. The number of halogens is 1. The van der Waals surface area contributed by atoms with E-state index in [1.807, 2.05) is 18.2 Å². The number of hydrogen-bond acceptors (Lipinski definition) is 3. The smallest absolute Gasteiger partial charge is 0.0677 e. The van der Waals surface area contributed by atoms with Crippen molar-refractivity contribution < 1.29 is 0 Å². The van der Waals surface area contributed by atoms with Gasteiger partial charge in [0, 0.05) is 34.9 Å². The number of aromatic nitrogens is 2. The number of likely N-dealkylation sites (tertiary alicyclic amines) is 1. The third-order valence-corrected chi connectivity index (χ3v) is 6.34. The van der Waals surface area contributed by atoms with Crippen molar-refractivity contribution in [3.63, 3.8) is 0 Å². The van der Waals surface area contributed by atoms with Gasteiger partial charge in [-0.3, -0.25) is 4.68 Å². The summed E-state index contributed by atoms with van der Waals surface area (Å²) in [6.45, 7) is 8.44. The third-order valence-electron chi connectivity index (χ3n) is 5.97. The molecule has 0 radical (unpaired) electrons.